The first-order valence-corrected chi connectivity index (χ1v) is 5.77. The van der Waals surface area contributed by atoms with Crippen molar-refractivity contribution in [2.45, 2.75) is 59.3 Å². The van der Waals surface area contributed by atoms with Gasteiger partial charge >= 0.3 is 0 Å². The van der Waals surface area contributed by atoms with Crippen molar-refractivity contribution in [3.63, 3.8) is 0 Å². The highest BCUT2D eigenvalue weighted by atomic mass is 14.4. The maximum absolute atomic E-state index is 2.43. The van der Waals surface area contributed by atoms with Crippen LogP contribution >= 0.6 is 0 Å². The van der Waals surface area contributed by atoms with Gasteiger partial charge in [0.05, 0.1) is 0 Å². The molecule has 0 bridgehead atoms. The molecule has 0 heterocycles. The van der Waals surface area contributed by atoms with Crippen molar-refractivity contribution < 1.29 is 0 Å². The van der Waals surface area contributed by atoms with E-state index in [4.69, 9.17) is 0 Å². The predicted molar refractivity (Wildman–Crippen MR) is 55.2 cm³/mol. The lowest BCUT2D eigenvalue weighted by molar-refractivity contribution is 0.431. The molecule has 12 heavy (non-hydrogen) atoms. The zero-order valence-corrected chi connectivity index (χ0v) is 8.97. The molecule has 3 atom stereocenters. The van der Waals surface area contributed by atoms with Crippen LogP contribution in [0, 0.1) is 17.8 Å². The van der Waals surface area contributed by atoms with Crippen LogP contribution in [0.1, 0.15) is 59.3 Å². The minimum Gasteiger partial charge on any atom is -0.0654 e. The molecule has 0 heteroatoms. The third-order valence-electron chi connectivity index (χ3n) is 3.35. The molecule has 0 amide bonds. The lowest BCUT2D eigenvalue weighted by Crippen LogP contribution is -1.96. The number of hydrogen-bond acceptors (Lipinski definition) is 0. The summed E-state index contributed by atoms with van der Waals surface area (Å²) in [6.07, 6.45) is 8.73. The average Bonchev–Trinajstić information content (AvgIpc) is 2.80. The molecule has 3 unspecified atom stereocenters. The van der Waals surface area contributed by atoms with E-state index in [0.29, 0.717) is 0 Å². The van der Waals surface area contributed by atoms with E-state index in [1.54, 1.807) is 0 Å². The van der Waals surface area contributed by atoms with E-state index in [0.717, 1.165) is 17.8 Å². The van der Waals surface area contributed by atoms with Gasteiger partial charge < -0.3 is 0 Å². The monoisotopic (exact) mass is 168 g/mol. The summed E-state index contributed by atoms with van der Waals surface area (Å²) in [5.74, 6) is 3.21. The van der Waals surface area contributed by atoms with Crippen LogP contribution in [0.3, 0.4) is 0 Å². The van der Waals surface area contributed by atoms with Gasteiger partial charge in [-0.3, -0.25) is 0 Å². The van der Waals surface area contributed by atoms with E-state index in [1.807, 2.05) is 0 Å². The lowest BCUT2D eigenvalue weighted by Gasteiger charge is -2.09. The van der Waals surface area contributed by atoms with Gasteiger partial charge in [-0.2, -0.15) is 0 Å². The first-order chi connectivity index (χ1) is 5.77. The van der Waals surface area contributed by atoms with Gasteiger partial charge in [-0.25, -0.2) is 0 Å². The Bertz CT molecular complexity index is 117. The summed E-state index contributed by atoms with van der Waals surface area (Å²) < 4.78 is 0. The quantitative estimate of drug-likeness (QED) is 0.556. The van der Waals surface area contributed by atoms with Gasteiger partial charge in [0.15, 0.2) is 0 Å². The van der Waals surface area contributed by atoms with Crippen molar-refractivity contribution in [1.82, 2.24) is 0 Å². The zero-order chi connectivity index (χ0) is 8.97. The van der Waals surface area contributed by atoms with Crippen molar-refractivity contribution >= 4 is 0 Å². The van der Waals surface area contributed by atoms with Crippen LogP contribution in [0.15, 0.2) is 0 Å². The van der Waals surface area contributed by atoms with Gasteiger partial charge in [-0.15, -0.1) is 0 Å². The third kappa shape index (κ3) is 3.16. The fourth-order valence-corrected chi connectivity index (χ4v) is 2.29. The zero-order valence-electron chi connectivity index (χ0n) is 8.97. The van der Waals surface area contributed by atoms with Crippen LogP contribution in [0.5, 0.6) is 0 Å². The molecular formula is C12H24. The topological polar surface area (TPSA) is 0 Å². The molecule has 0 aromatic carbocycles. The number of hydrogen-bond donors (Lipinski definition) is 0. The molecule has 0 saturated heterocycles. The van der Waals surface area contributed by atoms with E-state index in [-0.39, 0.29) is 0 Å². The van der Waals surface area contributed by atoms with E-state index in [9.17, 15) is 0 Å². The molecule has 0 aliphatic heterocycles. The van der Waals surface area contributed by atoms with Crippen molar-refractivity contribution in [3.8, 4) is 0 Å². The van der Waals surface area contributed by atoms with Crippen LogP contribution in [0.25, 0.3) is 0 Å². The van der Waals surface area contributed by atoms with Crippen molar-refractivity contribution in [2.75, 3.05) is 0 Å². The van der Waals surface area contributed by atoms with E-state index < -0.39 is 0 Å². The van der Waals surface area contributed by atoms with Crippen LogP contribution in [-0.2, 0) is 0 Å². The Morgan fingerprint density at radius 3 is 2.50 bits per heavy atom. The van der Waals surface area contributed by atoms with Gasteiger partial charge in [-0.1, -0.05) is 46.5 Å². The average molecular weight is 168 g/mol. The highest BCUT2D eigenvalue weighted by molar-refractivity contribution is 4.85. The molecule has 0 N–H and O–H groups in total. The third-order valence-corrected chi connectivity index (χ3v) is 3.35. The SMILES string of the molecule is CCCCC(C)CC1CC1CC. The van der Waals surface area contributed by atoms with Crippen molar-refractivity contribution in [3.05, 3.63) is 0 Å². The summed E-state index contributed by atoms with van der Waals surface area (Å²) in [6.45, 7) is 7.06. The molecule has 1 aliphatic rings. The van der Waals surface area contributed by atoms with Crippen molar-refractivity contribution in [1.29, 1.82) is 0 Å². The summed E-state index contributed by atoms with van der Waals surface area (Å²) in [4.78, 5) is 0. The maximum atomic E-state index is 2.43. The largest absolute Gasteiger partial charge is 0.0654 e. The fourth-order valence-electron chi connectivity index (χ4n) is 2.29. The normalized spacial score (nSPS) is 30.2. The molecule has 0 aromatic heterocycles. The van der Waals surface area contributed by atoms with Crippen LogP contribution in [0.4, 0.5) is 0 Å². The molecule has 1 aliphatic carbocycles. The second-order valence-electron chi connectivity index (χ2n) is 4.65. The molecule has 0 nitrogen and oxygen atoms in total. The Morgan fingerprint density at radius 1 is 1.25 bits per heavy atom. The molecule has 0 radical (unpaired) electrons. The van der Waals surface area contributed by atoms with Crippen LogP contribution in [0.2, 0.25) is 0 Å². The number of rotatable bonds is 6. The van der Waals surface area contributed by atoms with E-state index >= 15 is 0 Å². The summed E-state index contributed by atoms with van der Waals surface area (Å²) >= 11 is 0. The predicted octanol–water partition coefficient (Wildman–Crippen LogP) is 4.25. The molecule has 1 rings (SSSR count). The fraction of sp³-hybridized carbons (Fsp3) is 1.00. The lowest BCUT2D eigenvalue weighted by atomic mass is 9.97. The standard InChI is InChI=1S/C12H24/c1-4-6-7-10(3)8-12-9-11(12)5-2/h10-12H,4-9H2,1-3H3. The van der Waals surface area contributed by atoms with Gasteiger partial charge in [0.25, 0.3) is 0 Å². The van der Waals surface area contributed by atoms with E-state index in [2.05, 4.69) is 20.8 Å². The Morgan fingerprint density at radius 2 is 2.00 bits per heavy atom. The molecule has 1 fully saturated rings. The van der Waals surface area contributed by atoms with E-state index in [1.165, 1.54) is 38.5 Å². The van der Waals surface area contributed by atoms with Crippen molar-refractivity contribution in [2.24, 2.45) is 17.8 Å². The van der Waals surface area contributed by atoms with Crippen LogP contribution < -0.4 is 0 Å². The Kier molecular flexibility index (Phi) is 4.11. The summed E-state index contributed by atoms with van der Waals surface area (Å²) in [7, 11) is 0. The second-order valence-corrected chi connectivity index (χ2v) is 4.65. The first-order valence-electron chi connectivity index (χ1n) is 5.77. The minimum absolute atomic E-state index is 0.992. The number of unbranched alkanes of at least 4 members (excludes halogenated alkanes) is 1. The summed E-state index contributed by atoms with van der Waals surface area (Å²) in [5, 5.41) is 0. The van der Waals surface area contributed by atoms with Gasteiger partial charge in [-0.05, 0) is 30.6 Å². The minimum atomic E-state index is 0.992. The molecule has 72 valence electrons. The molecule has 0 spiro atoms. The summed E-state index contributed by atoms with van der Waals surface area (Å²) in [5.41, 5.74) is 0. The molecule has 1 saturated carbocycles. The molecular weight excluding hydrogens is 144 g/mol. The highest BCUT2D eigenvalue weighted by Gasteiger charge is 2.35. The van der Waals surface area contributed by atoms with Gasteiger partial charge in [0, 0.05) is 0 Å². The molecule has 0 aromatic rings. The Hall–Kier alpha value is 0. The summed E-state index contributed by atoms with van der Waals surface area (Å²) in [6, 6.07) is 0. The smallest absolute Gasteiger partial charge is 0.0381 e. The van der Waals surface area contributed by atoms with Gasteiger partial charge in [0.1, 0.15) is 0 Å². The maximum Gasteiger partial charge on any atom is -0.0381 e. The highest BCUT2D eigenvalue weighted by Crippen LogP contribution is 2.45. The van der Waals surface area contributed by atoms with Crippen LogP contribution in [-0.4, -0.2) is 0 Å². The first kappa shape index (κ1) is 10.1. The Balaban J connectivity index is 1.99. The second kappa shape index (κ2) is 4.89. The Labute approximate surface area is 77.7 Å². The van der Waals surface area contributed by atoms with Gasteiger partial charge in [0.2, 0.25) is 0 Å².